The van der Waals surface area contributed by atoms with Gasteiger partial charge in [-0.3, -0.25) is 0 Å². The molecule has 0 rings (SSSR count). The highest BCUT2D eigenvalue weighted by Gasteiger charge is 2.22. The molecule has 0 aromatic rings. The third kappa shape index (κ3) is 3.67. The van der Waals surface area contributed by atoms with Crippen LogP contribution in [0.3, 0.4) is 0 Å². The fourth-order valence-electron chi connectivity index (χ4n) is 0.432. The van der Waals surface area contributed by atoms with Crippen molar-refractivity contribution in [3.8, 4) is 0 Å². The molecular formula is C7H10F2S. The van der Waals surface area contributed by atoms with Crippen molar-refractivity contribution >= 4 is 17.1 Å². The Morgan fingerprint density at radius 2 is 1.80 bits per heavy atom. The number of thiocarbonyl (C=S) groups is 1. The molecule has 0 atom stereocenters. The first-order chi connectivity index (χ1) is 4.34. The van der Waals surface area contributed by atoms with Crippen molar-refractivity contribution in [2.45, 2.75) is 26.7 Å². The molecular weight excluding hydrogens is 154 g/mol. The summed E-state index contributed by atoms with van der Waals surface area (Å²) in [6, 6.07) is 0. The van der Waals surface area contributed by atoms with E-state index in [2.05, 4.69) is 12.2 Å². The van der Waals surface area contributed by atoms with Gasteiger partial charge in [0.15, 0.2) is 0 Å². The van der Waals surface area contributed by atoms with Crippen molar-refractivity contribution in [1.29, 1.82) is 0 Å². The highest BCUT2D eigenvalue weighted by Crippen LogP contribution is 2.21. The smallest absolute Gasteiger partial charge is 0.202 e. The molecule has 0 saturated carbocycles. The fraction of sp³-hybridized carbons (Fsp3) is 0.571. The van der Waals surface area contributed by atoms with Crippen molar-refractivity contribution in [1.82, 2.24) is 0 Å². The minimum atomic E-state index is -2.74. The second-order valence-electron chi connectivity index (χ2n) is 2.33. The summed E-state index contributed by atoms with van der Waals surface area (Å²) < 4.78 is 24.7. The maximum atomic E-state index is 12.3. The van der Waals surface area contributed by atoms with E-state index in [4.69, 9.17) is 0 Å². The summed E-state index contributed by atoms with van der Waals surface area (Å²) in [7, 11) is 0. The normalized spacial score (nSPS) is 13.5. The fourth-order valence-corrected chi connectivity index (χ4v) is 0.608. The van der Waals surface area contributed by atoms with Gasteiger partial charge in [0, 0.05) is 11.8 Å². The van der Waals surface area contributed by atoms with E-state index in [1.807, 2.05) is 0 Å². The Morgan fingerprint density at radius 3 is 1.90 bits per heavy atom. The van der Waals surface area contributed by atoms with Crippen LogP contribution in [0.15, 0.2) is 11.6 Å². The van der Waals surface area contributed by atoms with Crippen LogP contribution in [0.5, 0.6) is 0 Å². The Hall–Kier alpha value is -0.310. The van der Waals surface area contributed by atoms with Crippen molar-refractivity contribution in [3.05, 3.63) is 11.6 Å². The van der Waals surface area contributed by atoms with Crippen LogP contribution in [0.4, 0.5) is 8.78 Å². The first-order valence-corrected chi connectivity index (χ1v) is 3.32. The predicted molar refractivity (Wildman–Crippen MR) is 42.7 cm³/mol. The maximum Gasteiger partial charge on any atom is 0.266 e. The Morgan fingerprint density at radius 1 is 1.40 bits per heavy atom. The number of allylic oxidation sites excluding steroid dienone is 2. The molecule has 0 aliphatic carbocycles. The van der Waals surface area contributed by atoms with Gasteiger partial charge < -0.3 is 0 Å². The van der Waals surface area contributed by atoms with Gasteiger partial charge >= 0.3 is 0 Å². The van der Waals surface area contributed by atoms with E-state index >= 15 is 0 Å². The van der Waals surface area contributed by atoms with E-state index < -0.39 is 5.92 Å². The van der Waals surface area contributed by atoms with Crippen molar-refractivity contribution < 1.29 is 8.78 Å². The molecule has 0 spiro atoms. The Labute approximate surface area is 64.9 Å². The summed E-state index contributed by atoms with van der Waals surface area (Å²) in [5.74, 6) is -2.74. The van der Waals surface area contributed by atoms with Gasteiger partial charge in [0.2, 0.25) is 0 Å². The first kappa shape index (κ1) is 9.69. The molecule has 0 fully saturated rings. The van der Waals surface area contributed by atoms with Crippen molar-refractivity contribution in [2.24, 2.45) is 0 Å². The maximum absolute atomic E-state index is 12.3. The standard InChI is InChI=1S/C7H10F2S/c1-5(4-6(2)10)7(3,8)9/h4H,1-3H3/b5-4+. The Kier molecular flexibility index (Phi) is 3.09. The lowest BCUT2D eigenvalue weighted by atomic mass is 10.1. The number of halogens is 2. The molecule has 0 heterocycles. The Bertz CT molecular complexity index is 165. The first-order valence-electron chi connectivity index (χ1n) is 2.91. The van der Waals surface area contributed by atoms with Gasteiger partial charge in [0.25, 0.3) is 5.92 Å². The highest BCUT2D eigenvalue weighted by molar-refractivity contribution is 7.80. The summed E-state index contributed by atoms with van der Waals surface area (Å²) in [5, 5.41) is 0. The zero-order valence-corrected chi connectivity index (χ0v) is 7.06. The van der Waals surface area contributed by atoms with Gasteiger partial charge in [0.05, 0.1) is 0 Å². The number of hydrogen-bond donors (Lipinski definition) is 0. The Balaban J connectivity index is 4.35. The number of hydrogen-bond acceptors (Lipinski definition) is 1. The van der Waals surface area contributed by atoms with Gasteiger partial charge in [-0.15, -0.1) is 0 Å². The molecule has 0 unspecified atom stereocenters. The van der Waals surface area contributed by atoms with Crippen LogP contribution in [0.2, 0.25) is 0 Å². The number of rotatable bonds is 2. The molecule has 0 bridgehead atoms. The summed E-state index contributed by atoms with van der Waals surface area (Å²) in [6.45, 7) is 3.84. The monoisotopic (exact) mass is 164 g/mol. The lowest BCUT2D eigenvalue weighted by molar-refractivity contribution is 0.0637. The molecule has 0 saturated heterocycles. The van der Waals surface area contributed by atoms with Crippen LogP contribution >= 0.6 is 12.2 Å². The van der Waals surface area contributed by atoms with E-state index in [1.54, 1.807) is 6.92 Å². The van der Waals surface area contributed by atoms with Crippen molar-refractivity contribution in [2.75, 3.05) is 0 Å². The van der Waals surface area contributed by atoms with Gasteiger partial charge in [-0.05, 0) is 25.5 Å². The van der Waals surface area contributed by atoms with E-state index in [1.165, 1.54) is 13.0 Å². The highest BCUT2D eigenvalue weighted by atomic mass is 32.1. The third-order valence-corrected chi connectivity index (χ3v) is 1.23. The number of alkyl halides is 2. The van der Waals surface area contributed by atoms with E-state index in [9.17, 15) is 8.78 Å². The molecule has 0 amide bonds. The third-order valence-electron chi connectivity index (χ3n) is 1.11. The van der Waals surface area contributed by atoms with E-state index in [0.29, 0.717) is 4.86 Å². The molecule has 0 nitrogen and oxygen atoms in total. The largest absolute Gasteiger partial charge is 0.266 e. The van der Waals surface area contributed by atoms with Crippen LogP contribution in [-0.2, 0) is 0 Å². The average Bonchev–Trinajstić information content (AvgIpc) is 1.60. The molecule has 3 heteroatoms. The van der Waals surface area contributed by atoms with Gasteiger partial charge in [-0.2, -0.15) is 0 Å². The zero-order chi connectivity index (χ0) is 8.36. The van der Waals surface area contributed by atoms with E-state index in [0.717, 1.165) is 6.92 Å². The van der Waals surface area contributed by atoms with Crippen LogP contribution in [0, 0.1) is 0 Å². The molecule has 0 aromatic heterocycles. The second-order valence-corrected chi connectivity index (χ2v) is 2.97. The lowest BCUT2D eigenvalue weighted by Crippen LogP contribution is -2.11. The van der Waals surface area contributed by atoms with Crippen LogP contribution in [0.25, 0.3) is 0 Å². The summed E-state index contributed by atoms with van der Waals surface area (Å²) in [6.07, 6.45) is 1.31. The van der Waals surface area contributed by atoms with Crippen LogP contribution in [0.1, 0.15) is 20.8 Å². The molecule has 0 aromatic carbocycles. The minimum absolute atomic E-state index is 0.0139. The molecule has 0 radical (unpaired) electrons. The van der Waals surface area contributed by atoms with Crippen LogP contribution in [-0.4, -0.2) is 10.8 Å². The van der Waals surface area contributed by atoms with Crippen molar-refractivity contribution in [3.63, 3.8) is 0 Å². The molecule has 58 valence electrons. The minimum Gasteiger partial charge on any atom is -0.202 e. The quantitative estimate of drug-likeness (QED) is 0.446. The lowest BCUT2D eigenvalue weighted by Gasteiger charge is -2.09. The summed E-state index contributed by atoms with van der Waals surface area (Å²) in [5.41, 5.74) is 0.0139. The van der Waals surface area contributed by atoms with Crippen LogP contribution < -0.4 is 0 Å². The van der Waals surface area contributed by atoms with Gasteiger partial charge in [-0.25, -0.2) is 8.78 Å². The summed E-state index contributed by atoms with van der Waals surface area (Å²) in [4.78, 5) is 0.485. The summed E-state index contributed by atoms with van der Waals surface area (Å²) >= 11 is 4.63. The SMILES string of the molecule is CC(=S)/C=C(\C)C(C)(F)F. The molecule has 10 heavy (non-hydrogen) atoms. The average molecular weight is 164 g/mol. The molecule has 0 N–H and O–H groups in total. The van der Waals surface area contributed by atoms with Gasteiger partial charge in [-0.1, -0.05) is 12.2 Å². The molecule has 0 aliphatic heterocycles. The second kappa shape index (κ2) is 3.19. The zero-order valence-electron chi connectivity index (χ0n) is 6.24. The van der Waals surface area contributed by atoms with E-state index in [-0.39, 0.29) is 5.57 Å². The van der Waals surface area contributed by atoms with Gasteiger partial charge in [0.1, 0.15) is 0 Å². The topological polar surface area (TPSA) is 0 Å². The predicted octanol–water partition coefficient (Wildman–Crippen LogP) is 2.98. The molecule has 0 aliphatic rings.